The fraction of sp³-hybridized carbons (Fsp3) is 0.818. The second kappa shape index (κ2) is 9.60. The lowest BCUT2D eigenvalue weighted by Gasteiger charge is -2.17. The molecule has 0 saturated carbocycles. The third-order valence-electron chi connectivity index (χ3n) is 2.42. The van der Waals surface area contributed by atoms with Crippen LogP contribution in [0.1, 0.15) is 33.1 Å². The molecule has 0 unspecified atom stereocenters. The maximum Gasteiger partial charge on any atom is 0.222 e. The summed E-state index contributed by atoms with van der Waals surface area (Å²) >= 11 is 5.14. The monoisotopic (exact) mass is 248 g/mol. The highest BCUT2D eigenvalue weighted by Crippen LogP contribution is 1.94. The van der Waals surface area contributed by atoms with Gasteiger partial charge in [-0.15, -0.1) is 0 Å². The second-order valence-electron chi connectivity index (χ2n) is 3.59. The molecule has 0 aromatic rings. The predicted octanol–water partition coefficient (Wildman–Crippen LogP) is 1.38. The maximum absolute atomic E-state index is 11.2. The quantitative estimate of drug-likeness (QED) is 0.496. The number of carbonyl (C=O) groups excluding carboxylic acids is 2. The molecule has 1 N–H and O–H groups in total. The summed E-state index contributed by atoms with van der Waals surface area (Å²) in [6, 6.07) is 0. The van der Waals surface area contributed by atoms with E-state index in [2.05, 4.69) is 24.1 Å². The molecule has 4 nitrogen and oxygen atoms in total. The summed E-state index contributed by atoms with van der Waals surface area (Å²) in [5.41, 5.74) is 0. The van der Waals surface area contributed by atoms with Crippen LogP contribution in [0.15, 0.2) is 0 Å². The molecule has 5 heteroatoms. The van der Waals surface area contributed by atoms with E-state index in [4.69, 9.17) is 11.6 Å². The van der Waals surface area contributed by atoms with E-state index in [1.807, 2.05) is 0 Å². The minimum Gasteiger partial charge on any atom is -0.356 e. The van der Waals surface area contributed by atoms with Crippen molar-refractivity contribution in [1.82, 2.24) is 10.2 Å². The first-order valence-corrected chi connectivity index (χ1v) is 6.15. The molecule has 0 aromatic heterocycles. The summed E-state index contributed by atoms with van der Waals surface area (Å²) in [6.45, 7) is 7.95. The lowest BCUT2D eigenvalue weighted by molar-refractivity contribution is -0.123. The van der Waals surface area contributed by atoms with Gasteiger partial charge in [0.05, 0.1) is 0 Å². The van der Waals surface area contributed by atoms with Crippen LogP contribution in [-0.2, 0) is 9.59 Å². The van der Waals surface area contributed by atoms with Crippen molar-refractivity contribution in [2.24, 2.45) is 0 Å². The average Bonchev–Trinajstić information content (AvgIpc) is 2.26. The highest BCUT2D eigenvalue weighted by atomic mass is 35.5. The van der Waals surface area contributed by atoms with Gasteiger partial charge >= 0.3 is 0 Å². The van der Waals surface area contributed by atoms with Gasteiger partial charge in [-0.3, -0.25) is 9.59 Å². The lowest BCUT2D eigenvalue weighted by atomic mass is 10.3. The summed E-state index contributed by atoms with van der Waals surface area (Å²) < 4.78 is 0. The van der Waals surface area contributed by atoms with E-state index in [0.717, 1.165) is 26.1 Å². The van der Waals surface area contributed by atoms with E-state index >= 15 is 0 Å². The van der Waals surface area contributed by atoms with Gasteiger partial charge in [0.15, 0.2) is 0 Å². The Morgan fingerprint density at radius 3 is 2.31 bits per heavy atom. The zero-order valence-corrected chi connectivity index (χ0v) is 10.8. The molecule has 0 spiro atoms. The minimum atomic E-state index is -0.460. The van der Waals surface area contributed by atoms with Crippen LogP contribution in [0.4, 0.5) is 0 Å². The Bertz CT molecular complexity index is 218. The Morgan fingerprint density at radius 2 is 1.81 bits per heavy atom. The van der Waals surface area contributed by atoms with Crippen molar-refractivity contribution in [2.45, 2.75) is 33.1 Å². The number of nitrogens with one attached hydrogen (secondary N) is 1. The predicted molar refractivity (Wildman–Crippen MR) is 65.5 cm³/mol. The van der Waals surface area contributed by atoms with Crippen LogP contribution < -0.4 is 5.32 Å². The molecule has 0 atom stereocenters. The summed E-state index contributed by atoms with van der Waals surface area (Å²) in [5.74, 6) is -0.103. The molecule has 0 bridgehead atoms. The van der Waals surface area contributed by atoms with E-state index < -0.39 is 5.24 Å². The van der Waals surface area contributed by atoms with Gasteiger partial charge in [0, 0.05) is 19.4 Å². The van der Waals surface area contributed by atoms with Crippen LogP contribution in [0.3, 0.4) is 0 Å². The molecule has 0 aromatic carbocycles. The van der Waals surface area contributed by atoms with Crippen molar-refractivity contribution in [2.75, 3.05) is 26.2 Å². The molecular weight excluding hydrogens is 228 g/mol. The largest absolute Gasteiger partial charge is 0.356 e. The molecule has 0 fully saturated rings. The Balaban J connectivity index is 3.43. The lowest BCUT2D eigenvalue weighted by Crippen LogP contribution is -2.29. The average molecular weight is 249 g/mol. The Labute approximate surface area is 102 Å². The summed E-state index contributed by atoms with van der Waals surface area (Å²) in [6.07, 6.45) is 1.24. The second-order valence-corrected chi connectivity index (χ2v) is 4.01. The third-order valence-corrected chi connectivity index (χ3v) is 2.61. The molecule has 0 saturated heterocycles. The smallest absolute Gasteiger partial charge is 0.222 e. The van der Waals surface area contributed by atoms with Crippen LogP contribution in [0.5, 0.6) is 0 Å². The zero-order chi connectivity index (χ0) is 12.4. The molecule has 0 radical (unpaired) electrons. The fourth-order valence-corrected chi connectivity index (χ4v) is 1.46. The van der Waals surface area contributed by atoms with Crippen LogP contribution in [0.25, 0.3) is 0 Å². The highest BCUT2D eigenvalue weighted by molar-refractivity contribution is 6.63. The van der Waals surface area contributed by atoms with E-state index in [0.29, 0.717) is 6.54 Å². The fourth-order valence-electron chi connectivity index (χ4n) is 1.37. The van der Waals surface area contributed by atoms with Crippen LogP contribution in [0, 0.1) is 0 Å². The van der Waals surface area contributed by atoms with Crippen LogP contribution >= 0.6 is 11.6 Å². The van der Waals surface area contributed by atoms with Gasteiger partial charge in [-0.2, -0.15) is 0 Å². The molecule has 0 aliphatic rings. The molecule has 0 rings (SSSR count). The van der Waals surface area contributed by atoms with Gasteiger partial charge in [-0.25, -0.2) is 0 Å². The third kappa shape index (κ3) is 8.68. The van der Waals surface area contributed by atoms with E-state index in [1.165, 1.54) is 0 Å². The number of carbonyl (C=O) groups is 2. The summed E-state index contributed by atoms with van der Waals surface area (Å²) in [5, 5.41) is 2.31. The van der Waals surface area contributed by atoms with Crippen molar-refractivity contribution < 1.29 is 9.59 Å². The van der Waals surface area contributed by atoms with Gasteiger partial charge in [0.1, 0.15) is 0 Å². The maximum atomic E-state index is 11.2. The Hall–Kier alpha value is -0.610. The Morgan fingerprint density at radius 1 is 1.19 bits per heavy atom. The number of amides is 1. The summed E-state index contributed by atoms with van der Waals surface area (Å²) in [7, 11) is 0. The van der Waals surface area contributed by atoms with Crippen molar-refractivity contribution in [3.63, 3.8) is 0 Å². The first kappa shape index (κ1) is 15.4. The van der Waals surface area contributed by atoms with Crippen molar-refractivity contribution in [1.29, 1.82) is 0 Å². The molecule has 0 aliphatic heterocycles. The Kier molecular flexibility index (Phi) is 9.24. The number of hydrogen-bond acceptors (Lipinski definition) is 3. The van der Waals surface area contributed by atoms with E-state index in [-0.39, 0.29) is 18.7 Å². The number of halogens is 1. The van der Waals surface area contributed by atoms with Gasteiger partial charge in [0.25, 0.3) is 0 Å². The van der Waals surface area contributed by atoms with Crippen LogP contribution in [-0.4, -0.2) is 42.2 Å². The van der Waals surface area contributed by atoms with Gasteiger partial charge in [-0.05, 0) is 37.7 Å². The molecule has 1 amide bonds. The molecular formula is C11H21ClN2O2. The standard InChI is InChI=1S/C11H21ClN2O2/c1-3-14(4-2)9-5-8-13-11(16)7-6-10(12)15/h3-9H2,1-2H3,(H,13,16). The van der Waals surface area contributed by atoms with Gasteiger partial charge in [0.2, 0.25) is 11.1 Å². The van der Waals surface area contributed by atoms with Crippen molar-refractivity contribution in [3.05, 3.63) is 0 Å². The first-order chi connectivity index (χ1) is 7.60. The van der Waals surface area contributed by atoms with Gasteiger partial charge in [-0.1, -0.05) is 13.8 Å². The molecule has 0 heterocycles. The molecule has 0 aliphatic carbocycles. The van der Waals surface area contributed by atoms with E-state index in [1.54, 1.807) is 0 Å². The summed E-state index contributed by atoms with van der Waals surface area (Å²) in [4.78, 5) is 23.9. The number of rotatable bonds is 9. The minimum absolute atomic E-state index is 0.103. The van der Waals surface area contributed by atoms with Crippen molar-refractivity contribution in [3.8, 4) is 0 Å². The normalized spacial score (nSPS) is 10.5. The topological polar surface area (TPSA) is 49.4 Å². The highest BCUT2D eigenvalue weighted by Gasteiger charge is 2.04. The molecule has 16 heavy (non-hydrogen) atoms. The van der Waals surface area contributed by atoms with E-state index in [9.17, 15) is 9.59 Å². The van der Waals surface area contributed by atoms with Crippen molar-refractivity contribution >= 4 is 22.8 Å². The zero-order valence-electron chi connectivity index (χ0n) is 10.1. The van der Waals surface area contributed by atoms with Crippen LogP contribution in [0.2, 0.25) is 0 Å². The first-order valence-electron chi connectivity index (χ1n) is 5.77. The van der Waals surface area contributed by atoms with Gasteiger partial charge < -0.3 is 10.2 Å². The molecule has 94 valence electrons. The number of nitrogens with zero attached hydrogens (tertiary/aromatic N) is 1. The SMILES string of the molecule is CCN(CC)CCCNC(=O)CCC(=O)Cl. The number of hydrogen-bond donors (Lipinski definition) is 1.